The van der Waals surface area contributed by atoms with E-state index in [9.17, 15) is 4.79 Å². The van der Waals surface area contributed by atoms with Crippen LogP contribution in [0.25, 0.3) is 0 Å². The maximum atomic E-state index is 10.9. The molecule has 2 aromatic rings. The molecule has 0 saturated heterocycles. The molecule has 6 heteroatoms. The number of anilines is 2. The largest absolute Gasteiger partial charge is 0.478 e. The topological polar surface area (TPSA) is 88.2 Å². The number of hydrogen-bond donors (Lipinski definition) is 3. The van der Waals surface area contributed by atoms with Crippen molar-refractivity contribution in [3.63, 3.8) is 0 Å². The van der Waals surface area contributed by atoms with Crippen molar-refractivity contribution in [3.8, 4) is 0 Å². The number of benzene rings is 1. The smallest absolute Gasteiger partial charge is 0.335 e. The van der Waals surface area contributed by atoms with Crippen molar-refractivity contribution in [2.75, 3.05) is 11.1 Å². The van der Waals surface area contributed by atoms with Crippen LogP contribution in [0, 0.1) is 6.92 Å². The van der Waals surface area contributed by atoms with Crippen molar-refractivity contribution in [2.24, 2.45) is 0 Å². The molecule has 0 radical (unpaired) electrons. The fourth-order valence-corrected chi connectivity index (χ4v) is 2.22. The number of hydrogen-bond acceptors (Lipinski definition) is 5. The van der Waals surface area contributed by atoms with Gasteiger partial charge in [0.25, 0.3) is 0 Å². The molecule has 0 bridgehead atoms. The second-order valence-electron chi connectivity index (χ2n) is 3.83. The quantitative estimate of drug-likeness (QED) is 0.737. The molecule has 2 rings (SSSR count). The van der Waals surface area contributed by atoms with Crippen molar-refractivity contribution in [1.29, 1.82) is 0 Å². The fraction of sp³-hybridized carbons (Fsp3) is 0.167. The van der Waals surface area contributed by atoms with Crippen LogP contribution in [-0.4, -0.2) is 16.1 Å². The van der Waals surface area contributed by atoms with Gasteiger partial charge in [0, 0.05) is 11.1 Å². The zero-order chi connectivity index (χ0) is 13.1. The summed E-state index contributed by atoms with van der Waals surface area (Å²) in [6.07, 6.45) is 1.80. The van der Waals surface area contributed by atoms with Gasteiger partial charge in [-0.1, -0.05) is 0 Å². The molecular formula is C12H13N3O2S. The fourth-order valence-electron chi connectivity index (χ4n) is 1.50. The van der Waals surface area contributed by atoms with Crippen LogP contribution in [0.5, 0.6) is 0 Å². The van der Waals surface area contributed by atoms with Crippen molar-refractivity contribution in [3.05, 3.63) is 39.8 Å². The van der Waals surface area contributed by atoms with E-state index in [1.54, 1.807) is 23.6 Å². The highest BCUT2D eigenvalue weighted by Crippen LogP contribution is 2.21. The monoisotopic (exact) mass is 263 g/mol. The molecule has 1 aromatic heterocycles. The lowest BCUT2D eigenvalue weighted by Gasteiger charge is -2.08. The second kappa shape index (κ2) is 5.05. The molecule has 0 aliphatic rings. The highest BCUT2D eigenvalue weighted by molar-refractivity contribution is 7.11. The summed E-state index contributed by atoms with van der Waals surface area (Å²) in [6, 6.07) is 4.59. The van der Waals surface area contributed by atoms with E-state index in [0.717, 1.165) is 9.88 Å². The molecule has 0 amide bonds. The number of carbonyl (C=O) groups is 1. The molecular weight excluding hydrogens is 250 g/mol. The predicted octanol–water partition coefficient (Wildman–Crippen LogP) is 2.34. The Kier molecular flexibility index (Phi) is 3.47. The van der Waals surface area contributed by atoms with E-state index < -0.39 is 5.97 Å². The molecule has 4 N–H and O–H groups in total. The average Bonchev–Trinajstić information content (AvgIpc) is 2.74. The van der Waals surface area contributed by atoms with E-state index in [1.165, 1.54) is 12.1 Å². The third kappa shape index (κ3) is 2.78. The normalized spacial score (nSPS) is 10.3. The van der Waals surface area contributed by atoms with Gasteiger partial charge < -0.3 is 16.2 Å². The van der Waals surface area contributed by atoms with Crippen LogP contribution in [0.4, 0.5) is 11.4 Å². The number of nitrogen functional groups attached to an aromatic ring is 1. The maximum Gasteiger partial charge on any atom is 0.335 e. The first-order valence-corrected chi connectivity index (χ1v) is 6.16. The van der Waals surface area contributed by atoms with E-state index >= 15 is 0 Å². The summed E-state index contributed by atoms with van der Waals surface area (Å²) in [4.78, 5) is 16.2. The number of thiazole rings is 1. The van der Waals surface area contributed by atoms with Crippen LogP contribution in [0.1, 0.15) is 20.2 Å². The number of carboxylic acids is 1. The van der Waals surface area contributed by atoms with E-state index in [0.29, 0.717) is 17.9 Å². The van der Waals surface area contributed by atoms with Gasteiger partial charge in [-0.05, 0) is 25.1 Å². The van der Waals surface area contributed by atoms with E-state index in [1.807, 2.05) is 6.92 Å². The van der Waals surface area contributed by atoms with Gasteiger partial charge in [0.05, 0.1) is 23.5 Å². The number of aromatic nitrogens is 1. The first-order chi connectivity index (χ1) is 8.56. The Balaban J connectivity index is 2.13. The Morgan fingerprint density at radius 2 is 2.33 bits per heavy atom. The molecule has 0 atom stereocenters. The number of nitrogens with one attached hydrogen (secondary N) is 1. The molecule has 5 nitrogen and oxygen atoms in total. The highest BCUT2D eigenvalue weighted by Gasteiger charge is 2.07. The van der Waals surface area contributed by atoms with Crippen molar-refractivity contribution < 1.29 is 9.90 Å². The molecule has 18 heavy (non-hydrogen) atoms. The van der Waals surface area contributed by atoms with Crippen LogP contribution in [-0.2, 0) is 6.54 Å². The van der Waals surface area contributed by atoms with Gasteiger partial charge in [0.1, 0.15) is 5.01 Å². The number of carboxylic acid groups (broad SMARTS) is 1. The first-order valence-electron chi connectivity index (χ1n) is 5.34. The molecule has 1 heterocycles. The number of aromatic carboxylic acids is 1. The molecule has 94 valence electrons. The van der Waals surface area contributed by atoms with E-state index in [-0.39, 0.29) is 5.56 Å². The number of aryl methyl sites for hydroxylation is 1. The summed E-state index contributed by atoms with van der Waals surface area (Å²) >= 11 is 1.59. The number of nitrogens with two attached hydrogens (primary N) is 1. The molecule has 0 unspecified atom stereocenters. The Labute approximate surface area is 108 Å². The summed E-state index contributed by atoms with van der Waals surface area (Å²) in [7, 11) is 0. The SMILES string of the molecule is Cc1cnc(CNc2cc(C(=O)O)ccc2N)s1. The Bertz CT molecular complexity index is 580. The average molecular weight is 263 g/mol. The molecule has 0 aliphatic carbocycles. The Hall–Kier alpha value is -2.08. The molecule has 0 saturated carbocycles. The lowest BCUT2D eigenvalue weighted by molar-refractivity contribution is 0.0697. The summed E-state index contributed by atoms with van der Waals surface area (Å²) in [5, 5.41) is 12.9. The Morgan fingerprint density at radius 1 is 1.56 bits per heavy atom. The van der Waals surface area contributed by atoms with Crippen LogP contribution in [0.15, 0.2) is 24.4 Å². The number of rotatable bonds is 4. The van der Waals surface area contributed by atoms with E-state index in [2.05, 4.69) is 10.3 Å². The van der Waals surface area contributed by atoms with Gasteiger partial charge in [-0.3, -0.25) is 0 Å². The zero-order valence-corrected chi connectivity index (χ0v) is 10.6. The predicted molar refractivity (Wildman–Crippen MR) is 72.0 cm³/mol. The summed E-state index contributed by atoms with van der Waals surface area (Å²) in [5.41, 5.74) is 7.13. The van der Waals surface area contributed by atoms with Gasteiger partial charge in [0.2, 0.25) is 0 Å². The van der Waals surface area contributed by atoms with Crippen LogP contribution >= 0.6 is 11.3 Å². The van der Waals surface area contributed by atoms with Gasteiger partial charge in [-0.25, -0.2) is 9.78 Å². The van der Waals surface area contributed by atoms with Gasteiger partial charge in [-0.15, -0.1) is 11.3 Å². The lowest BCUT2D eigenvalue weighted by atomic mass is 10.1. The molecule has 1 aromatic carbocycles. The van der Waals surface area contributed by atoms with Crippen LogP contribution in [0.2, 0.25) is 0 Å². The minimum Gasteiger partial charge on any atom is -0.478 e. The lowest BCUT2D eigenvalue weighted by Crippen LogP contribution is -2.04. The van der Waals surface area contributed by atoms with Crippen molar-refractivity contribution in [2.45, 2.75) is 13.5 Å². The molecule has 0 fully saturated rings. The molecule has 0 spiro atoms. The van der Waals surface area contributed by atoms with Gasteiger partial charge in [0.15, 0.2) is 0 Å². The van der Waals surface area contributed by atoms with Gasteiger partial charge >= 0.3 is 5.97 Å². The van der Waals surface area contributed by atoms with Crippen LogP contribution in [0.3, 0.4) is 0 Å². The van der Waals surface area contributed by atoms with E-state index in [4.69, 9.17) is 10.8 Å². The summed E-state index contributed by atoms with van der Waals surface area (Å²) in [6.45, 7) is 2.52. The minimum atomic E-state index is -0.969. The first kappa shape index (κ1) is 12.4. The highest BCUT2D eigenvalue weighted by atomic mass is 32.1. The maximum absolute atomic E-state index is 10.9. The standard InChI is InChI=1S/C12H13N3O2S/c1-7-5-15-11(18-7)6-14-10-4-8(12(16)17)2-3-9(10)13/h2-5,14H,6,13H2,1H3,(H,16,17). The summed E-state index contributed by atoms with van der Waals surface area (Å²) < 4.78 is 0. The van der Waals surface area contributed by atoms with Crippen molar-refractivity contribution >= 4 is 28.7 Å². The van der Waals surface area contributed by atoms with Crippen LogP contribution < -0.4 is 11.1 Å². The third-order valence-corrected chi connectivity index (χ3v) is 3.31. The minimum absolute atomic E-state index is 0.210. The number of nitrogens with zero attached hydrogens (tertiary/aromatic N) is 1. The second-order valence-corrected chi connectivity index (χ2v) is 5.14. The third-order valence-electron chi connectivity index (χ3n) is 2.40. The zero-order valence-electron chi connectivity index (χ0n) is 9.80. The molecule has 0 aliphatic heterocycles. The van der Waals surface area contributed by atoms with Crippen molar-refractivity contribution in [1.82, 2.24) is 4.98 Å². The Morgan fingerprint density at radius 3 is 2.94 bits per heavy atom. The summed E-state index contributed by atoms with van der Waals surface area (Å²) in [5.74, 6) is -0.969. The van der Waals surface area contributed by atoms with Gasteiger partial charge in [-0.2, -0.15) is 0 Å².